The Morgan fingerprint density at radius 3 is 2.38 bits per heavy atom. The van der Waals surface area contributed by atoms with Gasteiger partial charge < -0.3 is 0 Å². The average molecular weight is 306 g/mol. The zero-order chi connectivity index (χ0) is 10.3. The summed E-state index contributed by atoms with van der Waals surface area (Å²) in [6.45, 7) is 3.55. The predicted octanol–water partition coefficient (Wildman–Crippen LogP) is 4.49. The Kier molecular flexibility index (Phi) is 6.81. The average Bonchev–Trinajstić information content (AvgIpc) is 1.94. The Balaban J connectivity index is 3.40. The first kappa shape index (κ1) is 13.3. The highest BCUT2D eigenvalue weighted by Gasteiger charge is 2.30. The van der Waals surface area contributed by atoms with Gasteiger partial charge in [-0.15, -0.1) is 6.58 Å². The van der Waals surface area contributed by atoms with Crippen molar-refractivity contribution < 1.29 is 13.2 Å². The smallest absolute Gasteiger partial charge is 0.171 e. The SMILES string of the molecule is C=CCCCCC(I)CC(F)(F)F. The van der Waals surface area contributed by atoms with Crippen LogP contribution in [-0.2, 0) is 0 Å². The molecule has 1 unspecified atom stereocenters. The molecule has 0 aromatic carbocycles. The Bertz CT molecular complexity index is 142. The molecule has 0 bridgehead atoms. The second-order valence-corrected chi connectivity index (χ2v) is 4.75. The molecule has 0 radical (unpaired) electrons. The van der Waals surface area contributed by atoms with Crippen LogP contribution in [0.15, 0.2) is 12.7 Å². The van der Waals surface area contributed by atoms with Gasteiger partial charge in [0.15, 0.2) is 0 Å². The normalized spacial score (nSPS) is 14.2. The van der Waals surface area contributed by atoms with Crippen LogP contribution in [0.4, 0.5) is 13.2 Å². The Hall–Kier alpha value is 0.260. The lowest BCUT2D eigenvalue weighted by Crippen LogP contribution is -2.14. The molecule has 0 saturated heterocycles. The van der Waals surface area contributed by atoms with Crippen molar-refractivity contribution in [1.29, 1.82) is 0 Å². The molecule has 78 valence electrons. The summed E-state index contributed by atoms with van der Waals surface area (Å²) in [5.41, 5.74) is 0. The molecule has 1 atom stereocenters. The molecular weight excluding hydrogens is 292 g/mol. The van der Waals surface area contributed by atoms with Gasteiger partial charge in [-0.3, -0.25) is 0 Å². The van der Waals surface area contributed by atoms with Gasteiger partial charge in [0.2, 0.25) is 0 Å². The maximum Gasteiger partial charge on any atom is 0.390 e. The summed E-state index contributed by atoms with van der Waals surface area (Å²) in [4.78, 5) is 0. The minimum Gasteiger partial charge on any atom is -0.171 e. The highest BCUT2D eigenvalue weighted by atomic mass is 127. The monoisotopic (exact) mass is 306 g/mol. The molecule has 13 heavy (non-hydrogen) atoms. The minimum absolute atomic E-state index is 0.276. The second-order valence-electron chi connectivity index (χ2n) is 2.99. The first-order valence-electron chi connectivity index (χ1n) is 4.27. The van der Waals surface area contributed by atoms with E-state index in [1.807, 2.05) is 22.6 Å². The van der Waals surface area contributed by atoms with Crippen LogP contribution in [0.1, 0.15) is 32.1 Å². The third-order valence-corrected chi connectivity index (χ3v) is 2.69. The summed E-state index contributed by atoms with van der Waals surface area (Å²) in [7, 11) is 0. The van der Waals surface area contributed by atoms with Crippen LogP contribution in [0.5, 0.6) is 0 Å². The van der Waals surface area contributed by atoms with Crippen molar-refractivity contribution in [3.63, 3.8) is 0 Å². The molecule has 0 heterocycles. The Labute approximate surface area is 90.7 Å². The predicted molar refractivity (Wildman–Crippen MR) is 57.1 cm³/mol. The van der Waals surface area contributed by atoms with Crippen LogP contribution in [-0.4, -0.2) is 10.1 Å². The van der Waals surface area contributed by atoms with Crippen LogP contribution in [0.25, 0.3) is 0 Å². The summed E-state index contributed by atoms with van der Waals surface area (Å²) in [6.07, 6.45) is 0.470. The minimum atomic E-state index is -4.01. The summed E-state index contributed by atoms with van der Waals surface area (Å²) >= 11 is 1.87. The van der Waals surface area contributed by atoms with Gasteiger partial charge in [-0.1, -0.05) is 35.1 Å². The van der Waals surface area contributed by atoms with Crippen LogP contribution < -0.4 is 0 Å². The number of unbranched alkanes of at least 4 members (excludes halogenated alkanes) is 2. The van der Waals surface area contributed by atoms with Gasteiger partial charge in [0.25, 0.3) is 0 Å². The van der Waals surface area contributed by atoms with E-state index in [0.29, 0.717) is 6.42 Å². The van der Waals surface area contributed by atoms with Gasteiger partial charge in [-0.25, -0.2) is 0 Å². The molecule has 0 aromatic heterocycles. The molecule has 0 amide bonds. The fourth-order valence-electron chi connectivity index (χ4n) is 1.01. The molecular formula is C9H14F3I. The maximum atomic E-state index is 11.9. The number of rotatable bonds is 6. The van der Waals surface area contributed by atoms with Crippen LogP contribution >= 0.6 is 22.6 Å². The number of allylic oxidation sites excluding steroid dienone is 1. The first-order valence-corrected chi connectivity index (χ1v) is 5.52. The Morgan fingerprint density at radius 2 is 1.92 bits per heavy atom. The van der Waals surface area contributed by atoms with Gasteiger partial charge in [0, 0.05) is 3.92 Å². The zero-order valence-corrected chi connectivity index (χ0v) is 9.57. The molecule has 0 N–H and O–H groups in total. The number of hydrogen-bond donors (Lipinski definition) is 0. The molecule has 0 fully saturated rings. The quantitative estimate of drug-likeness (QED) is 0.293. The van der Waals surface area contributed by atoms with Crippen LogP contribution in [0, 0.1) is 0 Å². The molecule has 4 heteroatoms. The molecule has 0 spiro atoms. The molecule has 0 aliphatic rings. The molecule has 0 rings (SSSR count). The largest absolute Gasteiger partial charge is 0.390 e. The van der Waals surface area contributed by atoms with Crippen molar-refractivity contribution in [2.75, 3.05) is 0 Å². The van der Waals surface area contributed by atoms with E-state index in [9.17, 15) is 13.2 Å². The van der Waals surface area contributed by atoms with E-state index >= 15 is 0 Å². The van der Waals surface area contributed by atoms with Crippen LogP contribution in [0.2, 0.25) is 0 Å². The summed E-state index contributed by atoms with van der Waals surface area (Å²) in [6, 6.07) is 0. The zero-order valence-electron chi connectivity index (χ0n) is 7.41. The third kappa shape index (κ3) is 10.2. The fraction of sp³-hybridized carbons (Fsp3) is 0.778. The molecule has 0 nitrogen and oxygen atoms in total. The van der Waals surface area contributed by atoms with Crippen molar-refractivity contribution in [1.82, 2.24) is 0 Å². The number of halogens is 4. The molecule has 0 saturated carbocycles. The molecule has 0 aliphatic carbocycles. The number of alkyl halides is 4. The maximum absolute atomic E-state index is 11.9. The van der Waals surface area contributed by atoms with E-state index in [4.69, 9.17) is 0 Å². The van der Waals surface area contributed by atoms with Crippen LogP contribution in [0.3, 0.4) is 0 Å². The van der Waals surface area contributed by atoms with E-state index < -0.39 is 12.6 Å². The van der Waals surface area contributed by atoms with Gasteiger partial charge in [-0.2, -0.15) is 13.2 Å². The van der Waals surface area contributed by atoms with E-state index in [1.54, 1.807) is 6.08 Å². The topological polar surface area (TPSA) is 0 Å². The van der Waals surface area contributed by atoms with Crippen molar-refractivity contribution in [2.45, 2.75) is 42.2 Å². The highest BCUT2D eigenvalue weighted by Crippen LogP contribution is 2.28. The van der Waals surface area contributed by atoms with Gasteiger partial charge in [0.05, 0.1) is 6.42 Å². The van der Waals surface area contributed by atoms with Gasteiger partial charge in [0.1, 0.15) is 0 Å². The van der Waals surface area contributed by atoms with E-state index in [0.717, 1.165) is 19.3 Å². The van der Waals surface area contributed by atoms with E-state index in [1.165, 1.54) is 0 Å². The van der Waals surface area contributed by atoms with Crippen molar-refractivity contribution in [3.05, 3.63) is 12.7 Å². The van der Waals surface area contributed by atoms with Gasteiger partial charge in [-0.05, 0) is 19.3 Å². The van der Waals surface area contributed by atoms with Gasteiger partial charge >= 0.3 is 6.18 Å². The van der Waals surface area contributed by atoms with Crippen molar-refractivity contribution >= 4 is 22.6 Å². The molecule has 0 aromatic rings. The lowest BCUT2D eigenvalue weighted by atomic mass is 10.1. The standard InChI is InChI=1S/C9H14F3I/c1-2-3-4-5-6-8(13)7-9(10,11)12/h2,8H,1,3-7H2. The van der Waals surface area contributed by atoms with Crippen molar-refractivity contribution in [3.8, 4) is 0 Å². The number of hydrogen-bond acceptors (Lipinski definition) is 0. The third-order valence-electron chi connectivity index (χ3n) is 1.63. The van der Waals surface area contributed by atoms with E-state index in [2.05, 4.69) is 6.58 Å². The van der Waals surface area contributed by atoms with E-state index in [-0.39, 0.29) is 3.92 Å². The summed E-state index contributed by atoms with van der Waals surface area (Å²) in [5, 5.41) is 0. The van der Waals surface area contributed by atoms with Crippen molar-refractivity contribution in [2.24, 2.45) is 0 Å². The lowest BCUT2D eigenvalue weighted by Gasteiger charge is -2.11. The fourth-order valence-corrected chi connectivity index (χ4v) is 1.95. The first-order chi connectivity index (χ1) is 5.95. The lowest BCUT2D eigenvalue weighted by molar-refractivity contribution is -0.133. The Morgan fingerprint density at radius 1 is 1.31 bits per heavy atom. The highest BCUT2D eigenvalue weighted by molar-refractivity contribution is 14.1. The summed E-state index contributed by atoms with van der Waals surface area (Å²) < 4.78 is 35.3. The molecule has 0 aliphatic heterocycles. The summed E-state index contributed by atoms with van der Waals surface area (Å²) in [5.74, 6) is 0. The second kappa shape index (κ2) is 6.68.